The number of nitrogens with zero attached hydrogens (tertiary/aromatic N) is 1. The quantitative estimate of drug-likeness (QED) is 0.837. The Kier molecular flexibility index (Phi) is 1.42. The third-order valence-electron chi connectivity index (χ3n) is 5.61. The number of hydrogen-bond donors (Lipinski definition) is 1. The van der Waals surface area contributed by atoms with E-state index in [0.717, 1.165) is 4.90 Å². The van der Waals surface area contributed by atoms with E-state index in [2.05, 4.69) is 0 Å². The first-order chi connectivity index (χ1) is 14.1. The molecule has 1 N–H and O–H groups in total. The van der Waals surface area contributed by atoms with Gasteiger partial charge in [-0.1, -0.05) is 6.07 Å². The van der Waals surface area contributed by atoms with E-state index in [1.165, 1.54) is 19.2 Å². The highest BCUT2D eigenvalue weighted by Gasteiger charge is 2.72. The lowest BCUT2D eigenvalue weighted by molar-refractivity contribution is -0.185. The van der Waals surface area contributed by atoms with Gasteiger partial charge in [-0.05, 0) is 44.4 Å². The van der Waals surface area contributed by atoms with Crippen LogP contribution in [0.4, 0.5) is 0 Å². The summed E-state index contributed by atoms with van der Waals surface area (Å²) in [5.74, 6) is -1.14. The van der Waals surface area contributed by atoms with Gasteiger partial charge in [-0.3, -0.25) is 4.79 Å². The largest absolute Gasteiger partial charge is 0.493 e. The molecular formula is C18H21NO4. The van der Waals surface area contributed by atoms with Gasteiger partial charge in [-0.15, -0.1) is 0 Å². The van der Waals surface area contributed by atoms with E-state index in [0.29, 0.717) is 0 Å². The maximum Gasteiger partial charge on any atom is 0.174 e. The van der Waals surface area contributed by atoms with Gasteiger partial charge in [0.2, 0.25) is 0 Å². The Morgan fingerprint density at radius 2 is 2.43 bits per heavy atom. The van der Waals surface area contributed by atoms with E-state index in [-0.39, 0.29) is 35.6 Å². The van der Waals surface area contributed by atoms with Gasteiger partial charge in [0.05, 0.1) is 19.5 Å². The first-order valence-corrected chi connectivity index (χ1v) is 7.55. The molecule has 0 radical (unpaired) electrons. The molecule has 1 saturated carbocycles. The van der Waals surface area contributed by atoms with Crippen molar-refractivity contribution in [1.29, 1.82) is 0 Å². The predicted molar refractivity (Wildman–Crippen MR) is 83.0 cm³/mol. The smallest absolute Gasteiger partial charge is 0.174 e. The normalized spacial score (nSPS) is 53.8. The number of carbonyl (C=O) groups excluding carboxylic acids is 1. The summed E-state index contributed by atoms with van der Waals surface area (Å²) in [6.45, 7) is -3.03. The molecular weight excluding hydrogens is 294 g/mol. The number of piperidine rings is 1. The molecule has 23 heavy (non-hydrogen) atoms. The summed E-state index contributed by atoms with van der Waals surface area (Å²) >= 11 is 0. The lowest BCUT2D eigenvalue weighted by Crippen LogP contribution is -2.76. The predicted octanol–water partition coefficient (Wildman–Crippen LogP) is 1.05. The van der Waals surface area contributed by atoms with E-state index >= 15 is 0 Å². The molecule has 2 aliphatic carbocycles. The van der Waals surface area contributed by atoms with Gasteiger partial charge in [0.25, 0.3) is 0 Å². The van der Waals surface area contributed by atoms with Crippen LogP contribution in [0.15, 0.2) is 12.1 Å². The van der Waals surface area contributed by atoms with E-state index in [1.807, 2.05) is 0 Å². The average molecular weight is 323 g/mol. The number of methoxy groups -OCH3 is 1. The maximum absolute atomic E-state index is 13.2. The highest BCUT2D eigenvalue weighted by Crippen LogP contribution is 2.64. The van der Waals surface area contributed by atoms with Crippen LogP contribution in [0.5, 0.6) is 11.5 Å². The molecule has 0 amide bonds. The van der Waals surface area contributed by atoms with E-state index in [9.17, 15) is 9.90 Å². The summed E-state index contributed by atoms with van der Waals surface area (Å²) in [7, 11) is 1.34. The maximum atomic E-state index is 13.2. The molecule has 2 aliphatic heterocycles. The number of hydrogen-bond acceptors (Lipinski definition) is 5. The summed E-state index contributed by atoms with van der Waals surface area (Å²) < 4.78 is 78.2. The molecule has 5 nitrogen and oxygen atoms in total. The molecule has 2 bridgehead atoms. The van der Waals surface area contributed by atoms with E-state index < -0.39 is 55.1 Å². The van der Waals surface area contributed by atoms with Crippen LogP contribution in [0.1, 0.15) is 41.3 Å². The van der Waals surface area contributed by atoms with Gasteiger partial charge in [0.1, 0.15) is 0 Å². The van der Waals surface area contributed by atoms with Crippen LogP contribution in [-0.2, 0) is 16.6 Å². The molecule has 2 fully saturated rings. The Bertz CT molecular complexity index is 1030. The minimum atomic E-state index is -2.79. The second-order valence-corrected chi connectivity index (χ2v) is 6.45. The lowest BCUT2D eigenvalue weighted by Gasteiger charge is -2.62. The number of likely N-dealkylation sites (tertiary alicyclic amines) is 1. The van der Waals surface area contributed by atoms with Gasteiger partial charge in [-0.2, -0.15) is 0 Å². The number of aliphatic hydroxyl groups is 1. The number of carbonyl (C=O) groups is 1. The number of ketones is 1. The number of rotatable bonds is 1. The van der Waals surface area contributed by atoms with Gasteiger partial charge in [0.15, 0.2) is 23.4 Å². The van der Waals surface area contributed by atoms with Gasteiger partial charge < -0.3 is 19.5 Å². The zero-order valence-corrected chi connectivity index (χ0v) is 12.5. The zero-order chi connectivity index (χ0) is 23.0. The van der Waals surface area contributed by atoms with Crippen molar-refractivity contribution in [1.82, 2.24) is 4.90 Å². The number of ether oxygens (including phenoxy) is 2. The summed E-state index contributed by atoms with van der Waals surface area (Å²) in [4.78, 5) is 14.1. The van der Waals surface area contributed by atoms with E-state index in [1.54, 1.807) is 0 Å². The minimum Gasteiger partial charge on any atom is -0.493 e. The first kappa shape index (κ1) is 7.99. The minimum absolute atomic E-state index is 0.0105. The molecule has 4 atom stereocenters. The third kappa shape index (κ3) is 1.32. The van der Waals surface area contributed by atoms with Crippen LogP contribution in [0, 0.1) is 0 Å². The zero-order valence-electron chi connectivity index (χ0n) is 20.5. The number of benzene rings is 1. The van der Waals surface area contributed by atoms with Crippen LogP contribution < -0.4 is 9.47 Å². The van der Waals surface area contributed by atoms with Crippen molar-refractivity contribution >= 4 is 5.78 Å². The van der Waals surface area contributed by atoms with Crippen LogP contribution in [0.2, 0.25) is 0 Å². The number of likely N-dealkylation sites (N-methyl/N-ethyl adjacent to an activating group) is 1. The van der Waals surface area contributed by atoms with Crippen LogP contribution in [0.3, 0.4) is 0 Å². The van der Waals surface area contributed by atoms with Crippen LogP contribution in [-0.4, -0.2) is 54.1 Å². The molecule has 1 aromatic rings. The topological polar surface area (TPSA) is 59.0 Å². The summed E-state index contributed by atoms with van der Waals surface area (Å²) in [6, 6.07) is 1.07. The standard InChI is InChI=1S/C18H21NO4/c1-19-8-7-17-14-10-3-4-12(22-2)15(14)23-16(17)11(20)5-6-18(17,21)13(19)9-10/h3-4,13,16,21H,5-9H2,1-2H3/t13-,16?,17+,18-/m1/s1/i1D3,5D2,9D2,16D. The molecule has 5 heteroatoms. The second-order valence-electron chi connectivity index (χ2n) is 6.45. The average Bonchev–Trinajstić information content (AvgIpc) is 2.90. The fraction of sp³-hybridized carbons (Fsp3) is 0.611. The first-order valence-electron chi connectivity index (χ1n) is 11.5. The van der Waals surface area contributed by atoms with Gasteiger partial charge in [0, 0.05) is 27.6 Å². The molecule has 122 valence electrons. The van der Waals surface area contributed by atoms with Gasteiger partial charge >= 0.3 is 0 Å². The summed E-state index contributed by atoms with van der Waals surface area (Å²) in [6.07, 6.45) is -8.85. The molecule has 1 saturated heterocycles. The van der Waals surface area contributed by atoms with Crippen molar-refractivity contribution in [2.24, 2.45) is 0 Å². The molecule has 0 aromatic heterocycles. The second kappa shape index (κ2) is 4.08. The highest BCUT2D eigenvalue weighted by molar-refractivity contribution is 5.90. The molecule has 1 aromatic carbocycles. The van der Waals surface area contributed by atoms with Crippen LogP contribution >= 0.6 is 0 Å². The Labute approximate surface area is 146 Å². The Balaban J connectivity index is 1.95. The Morgan fingerprint density at radius 3 is 3.22 bits per heavy atom. The number of Topliss-reactive ketones (excluding diaryl/α,β-unsaturated/α-hetero) is 1. The molecule has 5 rings (SSSR count). The molecule has 4 aliphatic rings. The monoisotopic (exact) mass is 323 g/mol. The summed E-state index contributed by atoms with van der Waals surface area (Å²) in [5, 5.41) is 12.1. The van der Waals surface area contributed by atoms with Gasteiger partial charge in [-0.25, -0.2) is 0 Å². The van der Waals surface area contributed by atoms with E-state index in [4.69, 9.17) is 20.4 Å². The Hall–Kier alpha value is -1.59. The Morgan fingerprint density at radius 1 is 1.57 bits per heavy atom. The van der Waals surface area contributed by atoms with Crippen molar-refractivity contribution in [2.45, 2.75) is 48.7 Å². The third-order valence-corrected chi connectivity index (χ3v) is 5.61. The molecule has 1 spiro atoms. The molecule has 1 unspecified atom stereocenters. The lowest BCUT2D eigenvalue weighted by atomic mass is 9.49. The van der Waals surface area contributed by atoms with Crippen molar-refractivity contribution in [3.63, 3.8) is 0 Å². The fourth-order valence-corrected chi connectivity index (χ4v) is 4.58. The summed E-state index contributed by atoms with van der Waals surface area (Å²) in [5.41, 5.74) is -4.15. The SMILES string of the molecule is [2H]C1([2H])C[C@@]2(O)[C@@H]3N(C([2H])([2H])[2H])CC[C@@]24c2c(ccc(OC)c2OC4([2H])C1=O)C3([2H])[2H]. The molecule has 2 heterocycles. The fourth-order valence-electron chi connectivity index (χ4n) is 4.58. The van der Waals surface area contributed by atoms with Crippen LogP contribution in [0.25, 0.3) is 0 Å². The highest BCUT2D eigenvalue weighted by atomic mass is 16.5. The van der Waals surface area contributed by atoms with Crippen molar-refractivity contribution < 1.29 is 30.3 Å². The van der Waals surface area contributed by atoms with Crippen molar-refractivity contribution in [3.05, 3.63) is 23.3 Å². The van der Waals surface area contributed by atoms with Crippen molar-refractivity contribution in [3.8, 4) is 11.5 Å². The van der Waals surface area contributed by atoms with Crippen molar-refractivity contribution in [2.75, 3.05) is 20.6 Å².